The molecule has 152 valence electrons. The molecule has 4 rings (SSSR count). The minimum atomic E-state index is -4.49. The molecule has 0 aliphatic heterocycles. The first-order chi connectivity index (χ1) is 14.3. The van der Waals surface area contributed by atoms with Crippen LogP contribution in [0.25, 0.3) is 22.0 Å². The van der Waals surface area contributed by atoms with Crippen LogP contribution in [0.4, 0.5) is 17.1 Å². The Morgan fingerprint density at radius 2 is 1.58 bits per heavy atom. The number of phenolic OH excluding ortho intramolecular Hbond substituents is 1. The molecule has 0 bridgehead atoms. The quantitative estimate of drug-likeness (QED) is 0.187. The van der Waals surface area contributed by atoms with E-state index in [1.807, 2.05) is 0 Å². The summed E-state index contributed by atoms with van der Waals surface area (Å²) in [7, 11) is -4.49. The molecular formula is C21H17N4NaO4S. The van der Waals surface area contributed by atoms with E-state index in [4.69, 9.17) is 5.73 Å². The normalized spacial score (nSPS) is 11.5. The van der Waals surface area contributed by atoms with Crippen LogP contribution in [-0.2, 0) is 10.1 Å². The first-order valence-electron chi connectivity index (χ1n) is 8.79. The van der Waals surface area contributed by atoms with Crippen LogP contribution in [0, 0.1) is 0 Å². The van der Waals surface area contributed by atoms with E-state index in [0.29, 0.717) is 27.7 Å². The molecule has 8 nitrogen and oxygen atoms in total. The Hall–Kier alpha value is -2.82. The van der Waals surface area contributed by atoms with Crippen molar-refractivity contribution in [3.05, 3.63) is 72.9 Å². The summed E-state index contributed by atoms with van der Waals surface area (Å²) in [6.45, 7) is 0. The number of anilines is 1. The maximum atomic E-state index is 11.8. The molecule has 0 atom stereocenters. The van der Waals surface area contributed by atoms with Crippen molar-refractivity contribution in [3.8, 4) is 17.0 Å². The number of nitrogens with two attached hydrogens (primary N) is 1. The standard InChI is InChI=1S/C21H16N4O4S.Na.H/c22-21-15-6-2-1-5-14(15)20(30(27,28)29)11-18(21)25-24-13-9-10-17(23-12-13)16-7-3-4-8-19(16)26;;/h1-12,26H,22H2,(H,27,28,29);;/b25-24+;;. The van der Waals surface area contributed by atoms with Crippen molar-refractivity contribution in [2.45, 2.75) is 4.90 Å². The van der Waals surface area contributed by atoms with Crippen LogP contribution < -0.4 is 5.73 Å². The van der Waals surface area contributed by atoms with Gasteiger partial charge in [0.2, 0.25) is 0 Å². The molecule has 31 heavy (non-hydrogen) atoms. The molecule has 0 saturated carbocycles. The molecule has 0 unspecified atom stereocenters. The topological polar surface area (TPSA) is 138 Å². The van der Waals surface area contributed by atoms with Crippen LogP contribution in [0.1, 0.15) is 0 Å². The number of rotatable bonds is 4. The summed E-state index contributed by atoms with van der Waals surface area (Å²) in [5.74, 6) is 0.112. The number of nitrogens with zero attached hydrogens (tertiary/aromatic N) is 3. The minimum absolute atomic E-state index is 0. The number of pyridine rings is 1. The average Bonchev–Trinajstić information content (AvgIpc) is 2.73. The summed E-state index contributed by atoms with van der Waals surface area (Å²) >= 11 is 0. The summed E-state index contributed by atoms with van der Waals surface area (Å²) in [5, 5.41) is 18.8. The van der Waals surface area contributed by atoms with Gasteiger partial charge in [-0.1, -0.05) is 36.4 Å². The van der Waals surface area contributed by atoms with Crippen molar-refractivity contribution in [1.82, 2.24) is 4.98 Å². The van der Waals surface area contributed by atoms with Crippen molar-refractivity contribution in [3.63, 3.8) is 0 Å². The molecule has 0 radical (unpaired) electrons. The molecule has 0 saturated heterocycles. The van der Waals surface area contributed by atoms with E-state index in [-0.39, 0.29) is 51.6 Å². The molecule has 10 heteroatoms. The third kappa shape index (κ3) is 4.76. The van der Waals surface area contributed by atoms with E-state index in [1.165, 1.54) is 12.3 Å². The Morgan fingerprint density at radius 1 is 0.903 bits per heavy atom. The second-order valence-electron chi connectivity index (χ2n) is 6.45. The van der Waals surface area contributed by atoms with Crippen LogP contribution in [0.2, 0.25) is 0 Å². The van der Waals surface area contributed by atoms with Crippen molar-refractivity contribution < 1.29 is 18.1 Å². The fraction of sp³-hybridized carbons (Fsp3) is 0. The van der Waals surface area contributed by atoms with Gasteiger partial charge in [0.05, 0.1) is 17.6 Å². The first-order valence-corrected chi connectivity index (χ1v) is 10.2. The number of fused-ring (bicyclic) bond motifs is 1. The molecule has 0 aliphatic rings. The summed E-state index contributed by atoms with van der Waals surface area (Å²) in [4.78, 5) is 3.97. The third-order valence-corrected chi connectivity index (χ3v) is 5.40. The number of nitrogen functional groups attached to an aromatic ring is 1. The average molecular weight is 444 g/mol. The number of phenols is 1. The van der Waals surface area contributed by atoms with Crippen molar-refractivity contribution in [1.29, 1.82) is 0 Å². The van der Waals surface area contributed by atoms with E-state index in [1.54, 1.807) is 60.7 Å². The van der Waals surface area contributed by atoms with E-state index < -0.39 is 10.1 Å². The van der Waals surface area contributed by atoms with Crippen LogP contribution in [0.3, 0.4) is 0 Å². The van der Waals surface area contributed by atoms with Gasteiger partial charge in [0, 0.05) is 16.3 Å². The Morgan fingerprint density at radius 3 is 2.23 bits per heavy atom. The summed E-state index contributed by atoms with van der Waals surface area (Å²) < 4.78 is 33.2. The first kappa shape index (κ1) is 22.9. The van der Waals surface area contributed by atoms with Gasteiger partial charge in [-0.05, 0) is 30.3 Å². The number of aromatic nitrogens is 1. The number of azo groups is 1. The predicted molar refractivity (Wildman–Crippen MR) is 121 cm³/mol. The van der Waals surface area contributed by atoms with E-state index in [2.05, 4.69) is 15.2 Å². The third-order valence-electron chi connectivity index (χ3n) is 4.51. The second kappa shape index (κ2) is 9.13. The molecule has 1 aromatic heterocycles. The zero-order valence-corrected chi connectivity index (χ0v) is 16.3. The fourth-order valence-electron chi connectivity index (χ4n) is 3.05. The number of para-hydroxylation sites is 1. The Labute approximate surface area is 200 Å². The summed E-state index contributed by atoms with van der Waals surface area (Å²) in [6.07, 6.45) is 1.46. The number of hydrogen-bond acceptors (Lipinski definition) is 7. The molecule has 0 amide bonds. The molecule has 1 heterocycles. The van der Waals surface area contributed by atoms with Gasteiger partial charge in [-0.3, -0.25) is 9.54 Å². The van der Waals surface area contributed by atoms with Crippen molar-refractivity contribution >= 4 is 67.5 Å². The van der Waals surface area contributed by atoms with Gasteiger partial charge < -0.3 is 10.8 Å². The van der Waals surface area contributed by atoms with Crippen LogP contribution >= 0.6 is 0 Å². The SMILES string of the molecule is Nc1c(/N=N/c2ccc(-c3ccccc3O)nc2)cc(S(=O)(=O)O)c2ccccc12.[NaH]. The monoisotopic (exact) mass is 444 g/mol. The van der Waals surface area contributed by atoms with Gasteiger partial charge in [-0.25, -0.2) is 0 Å². The van der Waals surface area contributed by atoms with Gasteiger partial charge in [-0.15, -0.1) is 10.2 Å². The van der Waals surface area contributed by atoms with E-state index in [9.17, 15) is 18.1 Å². The molecule has 0 fully saturated rings. The van der Waals surface area contributed by atoms with Crippen molar-refractivity contribution in [2.75, 3.05) is 5.73 Å². The molecule has 4 aromatic rings. The second-order valence-corrected chi connectivity index (χ2v) is 7.84. The van der Waals surface area contributed by atoms with Gasteiger partial charge in [-0.2, -0.15) is 8.42 Å². The Bertz CT molecular complexity index is 1390. The van der Waals surface area contributed by atoms with Gasteiger partial charge >= 0.3 is 29.6 Å². The van der Waals surface area contributed by atoms with E-state index in [0.717, 1.165) is 0 Å². The number of aromatic hydroxyl groups is 1. The van der Waals surface area contributed by atoms with E-state index >= 15 is 0 Å². The van der Waals surface area contributed by atoms with Gasteiger partial charge in [0.1, 0.15) is 22.0 Å². The summed E-state index contributed by atoms with van der Waals surface area (Å²) in [6, 6.07) is 17.9. The zero-order valence-electron chi connectivity index (χ0n) is 15.5. The Kier molecular flexibility index (Phi) is 6.73. The van der Waals surface area contributed by atoms with Gasteiger partial charge in [0.25, 0.3) is 10.1 Å². The Balaban J connectivity index is 0.00000272. The summed E-state index contributed by atoms with van der Waals surface area (Å²) in [5.41, 5.74) is 8.02. The van der Waals surface area contributed by atoms with Crippen LogP contribution in [0.5, 0.6) is 5.75 Å². The van der Waals surface area contributed by atoms with Crippen LogP contribution in [-0.4, -0.2) is 52.6 Å². The van der Waals surface area contributed by atoms with Crippen molar-refractivity contribution in [2.24, 2.45) is 10.2 Å². The molecule has 0 aliphatic carbocycles. The predicted octanol–water partition coefficient (Wildman–Crippen LogP) is 4.20. The fourth-order valence-corrected chi connectivity index (χ4v) is 3.77. The zero-order chi connectivity index (χ0) is 21.3. The van der Waals surface area contributed by atoms with Gasteiger partial charge in [0.15, 0.2) is 0 Å². The van der Waals surface area contributed by atoms with Crippen LogP contribution in [0.15, 0.2) is 88.1 Å². The number of hydrogen-bond donors (Lipinski definition) is 3. The molecular weight excluding hydrogens is 427 g/mol. The maximum absolute atomic E-state index is 11.8. The molecule has 0 spiro atoms. The number of benzene rings is 3. The molecule has 3 aromatic carbocycles. The molecule has 4 N–H and O–H groups in total.